The summed E-state index contributed by atoms with van der Waals surface area (Å²) in [6.07, 6.45) is 1.03. The van der Waals surface area contributed by atoms with E-state index in [0.717, 1.165) is 4.47 Å². The molecule has 0 aliphatic heterocycles. The largest absolute Gasteiger partial charge is 0.443 e. The van der Waals surface area contributed by atoms with Crippen LogP contribution in [0.25, 0.3) is 0 Å². The summed E-state index contributed by atoms with van der Waals surface area (Å²) in [7, 11) is 0. The molecule has 1 aromatic heterocycles. The van der Waals surface area contributed by atoms with Crippen LogP contribution in [-0.4, -0.2) is 23.2 Å². The average Bonchev–Trinajstić information content (AvgIpc) is 2.27. The molecular formula is C13H19BrN2O3. The summed E-state index contributed by atoms with van der Waals surface area (Å²) in [6, 6.07) is 0. The molecule has 0 aromatic carbocycles. The molecule has 0 aliphatic rings. The van der Waals surface area contributed by atoms with Gasteiger partial charge >= 0.3 is 6.09 Å². The smallest absolute Gasteiger partial charge is 0.414 e. The first kappa shape index (κ1) is 15.8. The minimum atomic E-state index is -0.600. The molecule has 1 aromatic rings. The fourth-order valence-corrected chi connectivity index (χ4v) is 1.91. The maximum absolute atomic E-state index is 12.1. The number of H-pyrrole nitrogens is 1. The third-order valence-electron chi connectivity index (χ3n) is 2.46. The van der Waals surface area contributed by atoms with Gasteiger partial charge in [0.05, 0.1) is 0 Å². The van der Waals surface area contributed by atoms with Crippen molar-refractivity contribution in [2.45, 2.75) is 40.2 Å². The normalized spacial score (nSPS) is 11.3. The monoisotopic (exact) mass is 330 g/mol. The molecule has 1 rings (SSSR count). The highest BCUT2D eigenvalue weighted by Crippen LogP contribution is 2.23. The summed E-state index contributed by atoms with van der Waals surface area (Å²) in [4.78, 5) is 28.0. The molecule has 1 amide bonds. The van der Waals surface area contributed by atoms with Crippen molar-refractivity contribution in [2.24, 2.45) is 0 Å². The predicted octanol–water partition coefficient (Wildman–Crippen LogP) is 3.21. The first-order valence-corrected chi connectivity index (χ1v) is 6.85. The number of ether oxygens (including phenoxy) is 1. The third-order valence-corrected chi connectivity index (χ3v) is 3.28. The first-order valence-electron chi connectivity index (χ1n) is 6.05. The Morgan fingerprint density at radius 1 is 1.47 bits per heavy atom. The minimum absolute atomic E-state index is 0.311. The van der Waals surface area contributed by atoms with Gasteiger partial charge < -0.3 is 9.72 Å². The fraction of sp³-hybridized carbons (Fsp3) is 0.538. The number of halogens is 1. The lowest BCUT2D eigenvalue weighted by molar-refractivity contribution is 0.0581. The molecule has 0 fully saturated rings. The van der Waals surface area contributed by atoms with Crippen molar-refractivity contribution in [3.63, 3.8) is 0 Å². The van der Waals surface area contributed by atoms with Gasteiger partial charge in [0.25, 0.3) is 5.56 Å². The van der Waals surface area contributed by atoms with Crippen LogP contribution in [0.4, 0.5) is 10.5 Å². The topological polar surface area (TPSA) is 62.4 Å². The van der Waals surface area contributed by atoms with Gasteiger partial charge in [-0.3, -0.25) is 9.69 Å². The number of aromatic amines is 1. The number of amides is 1. The lowest BCUT2D eigenvalue weighted by atomic mass is 10.2. The second-order valence-corrected chi connectivity index (χ2v) is 6.02. The maximum atomic E-state index is 12.1. The Bertz CT molecular complexity index is 532. The van der Waals surface area contributed by atoms with Crippen molar-refractivity contribution in [3.8, 4) is 0 Å². The van der Waals surface area contributed by atoms with Crippen LogP contribution < -0.4 is 10.5 Å². The highest BCUT2D eigenvalue weighted by atomic mass is 79.9. The number of hydrogen-bond acceptors (Lipinski definition) is 3. The van der Waals surface area contributed by atoms with Crippen molar-refractivity contribution in [3.05, 3.63) is 26.6 Å². The minimum Gasteiger partial charge on any atom is -0.443 e. The number of hydrogen-bond donors (Lipinski definition) is 1. The molecule has 0 atom stereocenters. The highest BCUT2D eigenvalue weighted by Gasteiger charge is 2.25. The Kier molecular flexibility index (Phi) is 4.79. The Morgan fingerprint density at radius 3 is 2.53 bits per heavy atom. The highest BCUT2D eigenvalue weighted by molar-refractivity contribution is 9.10. The van der Waals surface area contributed by atoms with Crippen molar-refractivity contribution in [2.75, 3.05) is 11.4 Å². The molecule has 0 saturated carbocycles. The van der Waals surface area contributed by atoms with Gasteiger partial charge in [-0.2, -0.15) is 0 Å². The van der Waals surface area contributed by atoms with Crippen LogP contribution in [0.5, 0.6) is 0 Å². The number of carbonyl (C=O) groups excluding carboxylic acids is 1. The number of aromatic nitrogens is 1. The molecule has 0 radical (unpaired) electrons. The lowest BCUT2D eigenvalue weighted by Crippen LogP contribution is -2.39. The molecule has 5 nitrogen and oxygen atoms in total. The van der Waals surface area contributed by atoms with Crippen molar-refractivity contribution in [1.82, 2.24) is 4.98 Å². The van der Waals surface area contributed by atoms with E-state index in [1.54, 1.807) is 40.8 Å². The SMILES string of the molecule is CCN(C(=O)OC(C)(C)C)c1c(C)c(Br)c[nH]c1=O. The molecule has 0 bridgehead atoms. The molecule has 6 heteroatoms. The average molecular weight is 331 g/mol. The quantitative estimate of drug-likeness (QED) is 0.905. The molecule has 0 spiro atoms. The number of nitrogens with one attached hydrogen (secondary N) is 1. The lowest BCUT2D eigenvalue weighted by Gasteiger charge is -2.27. The van der Waals surface area contributed by atoms with Crippen LogP contribution in [0.1, 0.15) is 33.3 Å². The zero-order chi connectivity index (χ0) is 14.8. The van der Waals surface area contributed by atoms with Crippen LogP contribution in [-0.2, 0) is 4.74 Å². The second kappa shape index (κ2) is 5.77. The molecule has 0 unspecified atom stereocenters. The van der Waals surface area contributed by atoms with Crippen LogP contribution in [0.2, 0.25) is 0 Å². The third kappa shape index (κ3) is 3.83. The fourth-order valence-electron chi connectivity index (χ4n) is 1.61. The van der Waals surface area contributed by atoms with E-state index in [1.807, 2.05) is 0 Å². The molecule has 106 valence electrons. The second-order valence-electron chi connectivity index (χ2n) is 5.16. The van der Waals surface area contributed by atoms with Crippen LogP contribution in [0, 0.1) is 6.92 Å². The van der Waals surface area contributed by atoms with Gasteiger partial charge in [0.2, 0.25) is 0 Å². The summed E-state index contributed by atoms with van der Waals surface area (Å²) < 4.78 is 6.05. The van der Waals surface area contributed by atoms with E-state index < -0.39 is 11.7 Å². The number of carbonyl (C=O) groups is 1. The Balaban J connectivity index is 3.22. The number of pyridine rings is 1. The summed E-state index contributed by atoms with van der Waals surface area (Å²) in [5, 5.41) is 0. The van der Waals surface area contributed by atoms with Crippen molar-refractivity contribution < 1.29 is 9.53 Å². The van der Waals surface area contributed by atoms with Gasteiger partial charge in [-0.25, -0.2) is 4.79 Å². The number of anilines is 1. The summed E-state index contributed by atoms with van der Waals surface area (Å²) in [6.45, 7) is 9.30. The predicted molar refractivity (Wildman–Crippen MR) is 78.8 cm³/mol. The summed E-state index contributed by atoms with van der Waals surface area (Å²) in [5.41, 5.74) is 0.105. The van der Waals surface area contributed by atoms with Gasteiger partial charge in [0.15, 0.2) is 0 Å². The van der Waals surface area contributed by atoms with E-state index in [1.165, 1.54) is 4.90 Å². The van der Waals surface area contributed by atoms with E-state index in [4.69, 9.17) is 4.74 Å². The van der Waals surface area contributed by atoms with E-state index in [2.05, 4.69) is 20.9 Å². The zero-order valence-electron chi connectivity index (χ0n) is 11.8. The summed E-state index contributed by atoms with van der Waals surface area (Å²) in [5.74, 6) is 0. The van der Waals surface area contributed by atoms with Gasteiger partial charge in [0, 0.05) is 17.2 Å². The van der Waals surface area contributed by atoms with Crippen molar-refractivity contribution in [1.29, 1.82) is 0 Å². The van der Waals surface area contributed by atoms with E-state index in [0.29, 0.717) is 17.8 Å². The molecule has 1 heterocycles. The standard InChI is InChI=1S/C13H19BrN2O3/c1-6-16(12(18)19-13(3,4)5)10-8(2)9(14)7-15-11(10)17/h7H,6H2,1-5H3,(H,15,17). The Hall–Kier alpha value is -1.30. The van der Waals surface area contributed by atoms with Crippen molar-refractivity contribution >= 4 is 27.7 Å². The zero-order valence-corrected chi connectivity index (χ0v) is 13.4. The van der Waals surface area contributed by atoms with E-state index in [-0.39, 0.29) is 5.56 Å². The van der Waals surface area contributed by atoms with Gasteiger partial charge in [0.1, 0.15) is 11.3 Å². The molecule has 0 saturated heterocycles. The summed E-state index contributed by atoms with van der Waals surface area (Å²) >= 11 is 3.34. The number of nitrogens with zero attached hydrogens (tertiary/aromatic N) is 1. The molecule has 0 aliphatic carbocycles. The van der Waals surface area contributed by atoms with Crippen LogP contribution in [0.3, 0.4) is 0 Å². The van der Waals surface area contributed by atoms with Crippen LogP contribution >= 0.6 is 15.9 Å². The molecule has 1 N–H and O–H groups in total. The van der Waals surface area contributed by atoms with Gasteiger partial charge in [-0.05, 0) is 56.1 Å². The first-order chi connectivity index (χ1) is 8.67. The molecular weight excluding hydrogens is 312 g/mol. The van der Waals surface area contributed by atoms with E-state index in [9.17, 15) is 9.59 Å². The number of rotatable bonds is 2. The Morgan fingerprint density at radius 2 is 2.05 bits per heavy atom. The Labute approximate surface area is 121 Å². The van der Waals surface area contributed by atoms with Gasteiger partial charge in [-0.1, -0.05) is 0 Å². The molecule has 19 heavy (non-hydrogen) atoms. The van der Waals surface area contributed by atoms with Gasteiger partial charge in [-0.15, -0.1) is 0 Å². The van der Waals surface area contributed by atoms with Crippen LogP contribution in [0.15, 0.2) is 15.5 Å². The van der Waals surface area contributed by atoms with E-state index >= 15 is 0 Å². The maximum Gasteiger partial charge on any atom is 0.414 e.